The van der Waals surface area contributed by atoms with Crippen LogP contribution in [0.4, 0.5) is 0 Å². The predicted octanol–water partition coefficient (Wildman–Crippen LogP) is 6.86. The van der Waals surface area contributed by atoms with Crippen LogP contribution in [0.2, 0.25) is 0 Å². The summed E-state index contributed by atoms with van der Waals surface area (Å²) in [4.78, 5) is 22.2. The van der Waals surface area contributed by atoms with Gasteiger partial charge in [-0.25, -0.2) is 0 Å². The highest BCUT2D eigenvalue weighted by atomic mass is 16.2. The second-order valence-corrected chi connectivity index (χ2v) is 10.3. The summed E-state index contributed by atoms with van der Waals surface area (Å²) in [5.74, 6) is 0.133. The zero-order valence-corrected chi connectivity index (χ0v) is 21.9. The van der Waals surface area contributed by atoms with Gasteiger partial charge in [-0.2, -0.15) is 0 Å². The molecule has 4 nitrogen and oxygen atoms in total. The van der Waals surface area contributed by atoms with Crippen LogP contribution in [-0.4, -0.2) is 41.3 Å². The fraction of sp³-hybridized carbons (Fsp3) is 0.344. The quantitative estimate of drug-likeness (QED) is 0.314. The van der Waals surface area contributed by atoms with E-state index >= 15 is 0 Å². The maximum atomic E-state index is 14.0. The van der Waals surface area contributed by atoms with Gasteiger partial charge in [-0.3, -0.25) is 9.69 Å². The highest BCUT2D eigenvalue weighted by Gasteiger charge is 2.38. The molecule has 36 heavy (non-hydrogen) atoms. The number of carbonyl (C=O) groups excluding carboxylic acids is 1. The van der Waals surface area contributed by atoms with Gasteiger partial charge < -0.3 is 9.88 Å². The number of amides is 1. The number of aryl methyl sites for hydroxylation is 1. The van der Waals surface area contributed by atoms with Crippen molar-refractivity contribution in [2.75, 3.05) is 20.6 Å². The molecular formula is C32H37N3O. The molecule has 0 spiro atoms. The number of aromatic amines is 1. The molecule has 3 aromatic carbocycles. The third-order valence-electron chi connectivity index (χ3n) is 8.38. The smallest absolute Gasteiger partial charge is 0.254 e. The predicted molar refractivity (Wildman–Crippen MR) is 148 cm³/mol. The zero-order valence-electron chi connectivity index (χ0n) is 21.9. The Balaban J connectivity index is 1.56. The van der Waals surface area contributed by atoms with Crippen LogP contribution in [0.3, 0.4) is 0 Å². The molecule has 2 unspecified atom stereocenters. The molecule has 5 rings (SSSR count). The number of carbonyl (C=O) groups is 1. The summed E-state index contributed by atoms with van der Waals surface area (Å²) in [5, 5.41) is 1.29. The Morgan fingerprint density at radius 2 is 1.69 bits per heavy atom. The van der Waals surface area contributed by atoms with Crippen LogP contribution in [-0.2, 0) is 12.0 Å². The molecule has 1 amide bonds. The van der Waals surface area contributed by atoms with Crippen LogP contribution in [0.25, 0.3) is 10.9 Å². The van der Waals surface area contributed by atoms with Crippen molar-refractivity contribution in [3.05, 3.63) is 107 Å². The van der Waals surface area contributed by atoms with Crippen molar-refractivity contribution in [3.63, 3.8) is 0 Å². The molecule has 0 aliphatic carbocycles. The summed E-state index contributed by atoms with van der Waals surface area (Å²) in [6.07, 6.45) is 3.72. The first-order chi connectivity index (χ1) is 17.5. The summed E-state index contributed by atoms with van der Waals surface area (Å²) in [5.41, 5.74) is 6.82. The van der Waals surface area contributed by atoms with Gasteiger partial charge in [0.15, 0.2) is 0 Å². The van der Waals surface area contributed by atoms with Crippen molar-refractivity contribution in [1.82, 2.24) is 14.8 Å². The first-order valence-electron chi connectivity index (χ1n) is 13.2. The number of para-hydroxylation sites is 1. The Bertz CT molecular complexity index is 1360. The summed E-state index contributed by atoms with van der Waals surface area (Å²) in [6, 6.07) is 27.4. The lowest BCUT2D eigenvalue weighted by Gasteiger charge is -2.43. The van der Waals surface area contributed by atoms with Crippen LogP contribution in [0.15, 0.2) is 78.9 Å². The van der Waals surface area contributed by atoms with E-state index in [-0.39, 0.29) is 17.5 Å². The van der Waals surface area contributed by atoms with Gasteiger partial charge >= 0.3 is 0 Å². The second kappa shape index (κ2) is 9.94. The molecule has 4 aromatic rings. The van der Waals surface area contributed by atoms with Crippen LogP contribution in [0.5, 0.6) is 0 Å². The number of nitrogens with one attached hydrogen (secondary N) is 1. The van der Waals surface area contributed by atoms with Crippen molar-refractivity contribution in [2.24, 2.45) is 0 Å². The maximum absolute atomic E-state index is 14.0. The molecule has 0 saturated carbocycles. The van der Waals surface area contributed by atoms with Gasteiger partial charge in [0.05, 0.1) is 6.04 Å². The third kappa shape index (κ3) is 4.14. The van der Waals surface area contributed by atoms with Crippen molar-refractivity contribution in [1.29, 1.82) is 0 Å². The maximum Gasteiger partial charge on any atom is 0.254 e. The first kappa shape index (κ1) is 24.3. The Kier molecular flexibility index (Phi) is 6.72. The Morgan fingerprint density at radius 3 is 2.42 bits per heavy atom. The van der Waals surface area contributed by atoms with E-state index in [1.807, 2.05) is 31.2 Å². The highest BCUT2D eigenvalue weighted by Crippen LogP contribution is 2.42. The normalized spacial score (nSPS) is 17.2. The average molecular weight is 480 g/mol. The molecule has 1 aliphatic heterocycles. The Labute approximate surface area is 214 Å². The van der Waals surface area contributed by atoms with E-state index in [2.05, 4.69) is 90.4 Å². The molecule has 0 bridgehead atoms. The molecule has 2 heterocycles. The molecule has 0 radical (unpaired) electrons. The van der Waals surface area contributed by atoms with Gasteiger partial charge in [0.1, 0.15) is 0 Å². The molecule has 0 saturated heterocycles. The molecule has 186 valence electrons. The van der Waals surface area contributed by atoms with Gasteiger partial charge in [-0.15, -0.1) is 0 Å². The topological polar surface area (TPSA) is 39.3 Å². The molecular weight excluding hydrogens is 442 g/mol. The minimum atomic E-state index is -0.0950. The summed E-state index contributed by atoms with van der Waals surface area (Å²) >= 11 is 0. The minimum Gasteiger partial charge on any atom is -0.356 e. The number of aromatic nitrogens is 1. The summed E-state index contributed by atoms with van der Waals surface area (Å²) in [6.45, 7) is 5.04. The Morgan fingerprint density at radius 1 is 1.00 bits per heavy atom. The van der Waals surface area contributed by atoms with Crippen LogP contribution < -0.4 is 0 Å². The van der Waals surface area contributed by atoms with Crippen molar-refractivity contribution < 1.29 is 4.79 Å². The van der Waals surface area contributed by atoms with Gasteiger partial charge in [-0.05, 0) is 75.5 Å². The van der Waals surface area contributed by atoms with E-state index in [0.717, 1.165) is 48.9 Å². The standard InChI is InChI=1S/C32H37N3O/c1-5-32(34(3)4,24-14-7-6-8-15-24)21-19-29-30-27(26-17-11-12-18-28(26)33-30)20-22-35(29)31(36)25-16-10-9-13-23(25)2/h6-18,29,33H,5,19-22H2,1-4H3. The van der Waals surface area contributed by atoms with Crippen molar-refractivity contribution >= 4 is 16.8 Å². The monoisotopic (exact) mass is 479 g/mol. The number of fused-ring (bicyclic) bond motifs is 3. The first-order valence-corrected chi connectivity index (χ1v) is 13.2. The number of rotatable bonds is 7. The molecule has 1 N–H and O–H groups in total. The number of hydrogen-bond acceptors (Lipinski definition) is 2. The molecule has 1 aliphatic rings. The number of benzene rings is 3. The lowest BCUT2D eigenvalue weighted by molar-refractivity contribution is 0.0591. The Hall–Kier alpha value is -3.37. The number of nitrogens with zero attached hydrogens (tertiary/aromatic N) is 2. The fourth-order valence-electron chi connectivity index (χ4n) is 6.28. The van der Waals surface area contributed by atoms with Crippen LogP contribution in [0.1, 0.15) is 65.0 Å². The van der Waals surface area contributed by atoms with Crippen LogP contribution in [0, 0.1) is 6.92 Å². The molecule has 1 aromatic heterocycles. The summed E-state index contributed by atoms with van der Waals surface area (Å²) < 4.78 is 0. The summed E-state index contributed by atoms with van der Waals surface area (Å²) in [7, 11) is 4.37. The lowest BCUT2D eigenvalue weighted by Crippen LogP contribution is -2.44. The second-order valence-electron chi connectivity index (χ2n) is 10.3. The molecule has 4 heteroatoms. The van der Waals surface area contributed by atoms with E-state index in [9.17, 15) is 4.79 Å². The average Bonchev–Trinajstić information content (AvgIpc) is 3.28. The third-order valence-corrected chi connectivity index (χ3v) is 8.38. The van der Waals surface area contributed by atoms with E-state index in [1.54, 1.807) is 0 Å². The number of hydrogen-bond donors (Lipinski definition) is 1. The van der Waals surface area contributed by atoms with Gasteiger partial charge in [0.25, 0.3) is 5.91 Å². The van der Waals surface area contributed by atoms with E-state index in [4.69, 9.17) is 0 Å². The van der Waals surface area contributed by atoms with E-state index in [0.29, 0.717) is 0 Å². The van der Waals surface area contributed by atoms with Gasteiger partial charge in [0, 0.05) is 34.2 Å². The largest absolute Gasteiger partial charge is 0.356 e. The SMILES string of the molecule is CCC(CCC1c2[nH]c3ccccc3c2CCN1C(=O)c1ccccc1C)(c1ccccc1)N(C)C. The van der Waals surface area contributed by atoms with Gasteiger partial charge in [-0.1, -0.05) is 73.7 Å². The molecule has 2 atom stereocenters. The van der Waals surface area contributed by atoms with E-state index in [1.165, 1.54) is 22.2 Å². The number of H-pyrrole nitrogens is 1. The molecule has 0 fully saturated rings. The lowest BCUT2D eigenvalue weighted by atomic mass is 9.79. The van der Waals surface area contributed by atoms with E-state index < -0.39 is 0 Å². The fourth-order valence-corrected chi connectivity index (χ4v) is 6.28. The zero-order chi connectivity index (χ0) is 25.3. The highest BCUT2D eigenvalue weighted by molar-refractivity contribution is 5.96. The van der Waals surface area contributed by atoms with Gasteiger partial charge in [0.2, 0.25) is 0 Å². The van der Waals surface area contributed by atoms with Crippen LogP contribution >= 0.6 is 0 Å². The van der Waals surface area contributed by atoms with Crippen molar-refractivity contribution in [3.8, 4) is 0 Å². The minimum absolute atomic E-state index is 0.00263. The van der Waals surface area contributed by atoms with Crippen molar-refractivity contribution in [2.45, 2.75) is 51.1 Å².